The maximum Gasteiger partial charge on any atom is 0.262 e. The molecular weight excluding hydrogens is 400 g/mol. The molecule has 1 amide bonds. The number of rotatable bonds is 6. The number of ether oxygens (including phenoxy) is 1. The molecule has 0 aliphatic carbocycles. The molecule has 4 rings (SSSR count). The van der Waals surface area contributed by atoms with E-state index in [1.54, 1.807) is 12.1 Å². The van der Waals surface area contributed by atoms with Crippen LogP contribution in [0.4, 0.5) is 5.69 Å². The summed E-state index contributed by atoms with van der Waals surface area (Å²) >= 11 is 0. The largest absolute Gasteiger partial charge is 0.484 e. The first-order valence-electron chi connectivity index (χ1n) is 10.8. The number of nitrogens with zero attached hydrogens (tertiary/aromatic N) is 1. The van der Waals surface area contributed by atoms with Crippen LogP contribution in [0.1, 0.15) is 38.8 Å². The van der Waals surface area contributed by atoms with Crippen LogP contribution in [0.5, 0.6) is 5.75 Å². The van der Waals surface area contributed by atoms with E-state index in [1.807, 2.05) is 42.5 Å². The second-order valence-corrected chi connectivity index (χ2v) is 8.86. The third-order valence-electron chi connectivity index (χ3n) is 5.37. The SMILES string of the molecule is CCc1ccc(OCC(=O)Nc2ccc3oc(-c4ccc(C(C)(C)C)cc4)nc3c2)cc1. The average molecular weight is 429 g/mol. The molecule has 1 heterocycles. The van der Waals surface area contributed by atoms with Crippen LogP contribution in [0.2, 0.25) is 0 Å². The predicted octanol–water partition coefficient (Wildman–Crippen LogP) is 6.37. The number of carbonyl (C=O) groups is 1. The first-order chi connectivity index (χ1) is 15.3. The Morgan fingerprint density at radius 1 is 1.00 bits per heavy atom. The van der Waals surface area contributed by atoms with Crippen molar-refractivity contribution in [3.63, 3.8) is 0 Å². The number of fused-ring (bicyclic) bond motifs is 1. The maximum atomic E-state index is 12.3. The van der Waals surface area contributed by atoms with Gasteiger partial charge in [0, 0.05) is 11.3 Å². The summed E-state index contributed by atoms with van der Waals surface area (Å²) < 4.78 is 11.5. The molecular formula is C27H28N2O3. The summed E-state index contributed by atoms with van der Waals surface area (Å²) in [7, 11) is 0. The zero-order chi connectivity index (χ0) is 22.7. The Bertz CT molecular complexity index is 1220. The lowest BCUT2D eigenvalue weighted by Crippen LogP contribution is -2.20. The van der Waals surface area contributed by atoms with Crippen molar-refractivity contribution in [2.75, 3.05) is 11.9 Å². The number of anilines is 1. The predicted molar refractivity (Wildman–Crippen MR) is 128 cm³/mol. The molecule has 32 heavy (non-hydrogen) atoms. The van der Waals surface area contributed by atoms with Crippen LogP contribution in [0.25, 0.3) is 22.6 Å². The van der Waals surface area contributed by atoms with Crippen LogP contribution in [-0.4, -0.2) is 17.5 Å². The van der Waals surface area contributed by atoms with Crippen LogP contribution < -0.4 is 10.1 Å². The molecule has 4 aromatic rings. The van der Waals surface area contributed by atoms with Crippen molar-refractivity contribution >= 4 is 22.7 Å². The number of hydrogen-bond acceptors (Lipinski definition) is 4. The highest BCUT2D eigenvalue weighted by atomic mass is 16.5. The Hall–Kier alpha value is -3.60. The number of aromatic nitrogens is 1. The van der Waals surface area contributed by atoms with E-state index in [-0.39, 0.29) is 17.9 Å². The highest BCUT2D eigenvalue weighted by Crippen LogP contribution is 2.29. The number of amides is 1. The van der Waals surface area contributed by atoms with E-state index >= 15 is 0 Å². The third-order valence-corrected chi connectivity index (χ3v) is 5.37. The van der Waals surface area contributed by atoms with E-state index in [2.05, 4.69) is 50.1 Å². The van der Waals surface area contributed by atoms with Crippen LogP contribution in [0, 0.1) is 0 Å². The fraction of sp³-hybridized carbons (Fsp3) is 0.259. The summed E-state index contributed by atoms with van der Waals surface area (Å²) in [4.78, 5) is 16.9. The van der Waals surface area contributed by atoms with E-state index in [0.29, 0.717) is 28.4 Å². The Kier molecular flexibility index (Phi) is 5.99. The van der Waals surface area contributed by atoms with Gasteiger partial charge in [0.2, 0.25) is 5.89 Å². The number of nitrogens with one attached hydrogen (secondary N) is 1. The lowest BCUT2D eigenvalue weighted by Gasteiger charge is -2.18. The first-order valence-corrected chi connectivity index (χ1v) is 10.8. The van der Waals surface area contributed by atoms with Gasteiger partial charge < -0.3 is 14.5 Å². The molecule has 0 unspecified atom stereocenters. The molecule has 0 saturated heterocycles. The van der Waals surface area contributed by atoms with Gasteiger partial charge in [0.05, 0.1) is 0 Å². The van der Waals surface area contributed by atoms with E-state index in [9.17, 15) is 4.79 Å². The fourth-order valence-corrected chi connectivity index (χ4v) is 3.41. The number of aryl methyl sites for hydroxylation is 1. The second kappa shape index (κ2) is 8.87. The zero-order valence-electron chi connectivity index (χ0n) is 18.9. The molecule has 3 aromatic carbocycles. The van der Waals surface area contributed by atoms with Crippen molar-refractivity contribution in [1.29, 1.82) is 0 Å². The third kappa shape index (κ3) is 4.99. The van der Waals surface area contributed by atoms with E-state index < -0.39 is 0 Å². The topological polar surface area (TPSA) is 64.4 Å². The van der Waals surface area contributed by atoms with Gasteiger partial charge in [-0.3, -0.25) is 4.79 Å². The lowest BCUT2D eigenvalue weighted by atomic mass is 9.87. The molecule has 5 heteroatoms. The van der Waals surface area contributed by atoms with Crippen LogP contribution in [-0.2, 0) is 16.6 Å². The standard InChI is InChI=1S/C27H28N2O3/c1-5-18-6-13-22(14-7-18)31-17-25(30)28-21-12-15-24-23(16-21)29-26(32-24)19-8-10-20(11-9-19)27(2,3)4/h6-16H,5,17H2,1-4H3,(H,28,30). The van der Waals surface area contributed by atoms with Crippen LogP contribution >= 0.6 is 0 Å². The molecule has 0 atom stereocenters. The molecule has 164 valence electrons. The molecule has 5 nitrogen and oxygen atoms in total. The Labute approximate surface area is 188 Å². The van der Waals surface area contributed by atoms with E-state index in [1.165, 1.54) is 11.1 Å². The van der Waals surface area contributed by atoms with Crippen LogP contribution in [0.15, 0.2) is 71.1 Å². The molecule has 0 aliphatic heterocycles. The zero-order valence-corrected chi connectivity index (χ0v) is 18.9. The molecule has 0 radical (unpaired) electrons. The average Bonchev–Trinajstić information content (AvgIpc) is 3.21. The second-order valence-electron chi connectivity index (χ2n) is 8.86. The molecule has 1 N–H and O–H groups in total. The summed E-state index contributed by atoms with van der Waals surface area (Å²) in [6.45, 7) is 8.59. The van der Waals surface area contributed by atoms with Crippen LogP contribution in [0.3, 0.4) is 0 Å². The molecule has 0 spiro atoms. The highest BCUT2D eigenvalue weighted by molar-refractivity contribution is 5.94. The van der Waals surface area contributed by atoms with E-state index in [0.717, 1.165) is 12.0 Å². The number of hydrogen-bond donors (Lipinski definition) is 1. The minimum atomic E-state index is -0.231. The summed E-state index contributed by atoms with van der Waals surface area (Å²) in [5.41, 5.74) is 5.50. The van der Waals surface area contributed by atoms with Crippen molar-refractivity contribution in [3.8, 4) is 17.2 Å². The number of benzene rings is 3. The van der Waals surface area contributed by atoms with Crippen molar-refractivity contribution in [3.05, 3.63) is 77.9 Å². The normalized spacial score (nSPS) is 11.5. The van der Waals surface area contributed by atoms with Gasteiger partial charge in [-0.1, -0.05) is 52.0 Å². The molecule has 1 aromatic heterocycles. The molecule has 0 aliphatic rings. The minimum absolute atomic E-state index is 0.0618. The summed E-state index contributed by atoms with van der Waals surface area (Å²) in [6.07, 6.45) is 0.967. The van der Waals surface area contributed by atoms with Gasteiger partial charge in [-0.05, 0) is 65.4 Å². The lowest BCUT2D eigenvalue weighted by molar-refractivity contribution is -0.118. The number of carbonyl (C=O) groups excluding carboxylic acids is 1. The Morgan fingerprint density at radius 3 is 2.38 bits per heavy atom. The molecule has 0 saturated carbocycles. The fourth-order valence-electron chi connectivity index (χ4n) is 3.41. The minimum Gasteiger partial charge on any atom is -0.484 e. The maximum absolute atomic E-state index is 12.3. The van der Waals surface area contributed by atoms with Crippen molar-refractivity contribution in [1.82, 2.24) is 4.98 Å². The Morgan fingerprint density at radius 2 is 1.72 bits per heavy atom. The first kappa shape index (κ1) is 21.6. The van der Waals surface area contributed by atoms with Gasteiger partial charge in [-0.25, -0.2) is 4.98 Å². The number of oxazole rings is 1. The van der Waals surface area contributed by atoms with E-state index in [4.69, 9.17) is 9.15 Å². The highest BCUT2D eigenvalue weighted by Gasteiger charge is 2.15. The van der Waals surface area contributed by atoms with Gasteiger partial charge in [0.15, 0.2) is 12.2 Å². The quantitative estimate of drug-likeness (QED) is 0.387. The Balaban J connectivity index is 1.42. The van der Waals surface area contributed by atoms with Gasteiger partial charge in [-0.15, -0.1) is 0 Å². The summed E-state index contributed by atoms with van der Waals surface area (Å²) in [6, 6.07) is 21.4. The van der Waals surface area contributed by atoms with Gasteiger partial charge >= 0.3 is 0 Å². The summed E-state index contributed by atoms with van der Waals surface area (Å²) in [5, 5.41) is 2.85. The van der Waals surface area contributed by atoms with Crippen molar-refractivity contribution in [2.45, 2.75) is 39.5 Å². The smallest absolute Gasteiger partial charge is 0.262 e. The van der Waals surface area contributed by atoms with Crippen molar-refractivity contribution < 1.29 is 13.9 Å². The van der Waals surface area contributed by atoms with Gasteiger partial charge in [0.25, 0.3) is 5.91 Å². The summed E-state index contributed by atoms with van der Waals surface area (Å²) in [5.74, 6) is 1.000. The van der Waals surface area contributed by atoms with Gasteiger partial charge in [0.1, 0.15) is 11.3 Å². The molecule has 0 bridgehead atoms. The van der Waals surface area contributed by atoms with Crippen molar-refractivity contribution in [2.24, 2.45) is 0 Å². The molecule has 0 fully saturated rings. The van der Waals surface area contributed by atoms with Gasteiger partial charge in [-0.2, -0.15) is 0 Å². The monoisotopic (exact) mass is 428 g/mol.